The van der Waals surface area contributed by atoms with Gasteiger partial charge < -0.3 is 14.5 Å². The molecule has 2 aromatic carbocycles. The van der Waals surface area contributed by atoms with Crippen molar-refractivity contribution in [2.24, 2.45) is 0 Å². The summed E-state index contributed by atoms with van der Waals surface area (Å²) in [5.74, 6) is 1.13. The molecule has 0 saturated heterocycles. The Labute approximate surface area is 169 Å². The van der Waals surface area contributed by atoms with Crippen LogP contribution in [0.4, 0.5) is 5.69 Å². The lowest BCUT2D eigenvalue weighted by Crippen LogP contribution is -2.15. The average molecular weight is 448 g/mol. The summed E-state index contributed by atoms with van der Waals surface area (Å²) in [5.41, 5.74) is 2.82. The fraction of sp³-hybridized carbons (Fsp3) is 0.211. The average Bonchev–Trinajstić information content (AvgIpc) is 3.10. The van der Waals surface area contributed by atoms with Crippen LogP contribution in [0.3, 0.4) is 0 Å². The zero-order valence-electron chi connectivity index (χ0n) is 14.9. The summed E-state index contributed by atoms with van der Waals surface area (Å²) < 4.78 is 12.0. The summed E-state index contributed by atoms with van der Waals surface area (Å²) in [5, 5.41) is 11.1. The van der Waals surface area contributed by atoms with E-state index in [1.54, 1.807) is 0 Å². The Hall–Kier alpha value is -2.32. The molecule has 1 amide bonds. The fourth-order valence-electron chi connectivity index (χ4n) is 2.43. The lowest BCUT2D eigenvalue weighted by molar-refractivity contribution is -0.113. The summed E-state index contributed by atoms with van der Waals surface area (Å²) in [6.07, 6.45) is 0. The van der Waals surface area contributed by atoms with Crippen molar-refractivity contribution in [3.63, 3.8) is 0 Å². The van der Waals surface area contributed by atoms with Crippen LogP contribution in [0.15, 0.2) is 56.6 Å². The fourth-order valence-corrected chi connectivity index (χ4v) is 3.69. The molecule has 27 heavy (non-hydrogen) atoms. The highest BCUT2D eigenvalue weighted by molar-refractivity contribution is 9.10. The number of carbonyl (C=O) groups is 1. The summed E-state index contributed by atoms with van der Waals surface area (Å²) in [6.45, 7) is 4.09. The van der Waals surface area contributed by atoms with Crippen LogP contribution >= 0.6 is 27.7 Å². The highest BCUT2D eigenvalue weighted by atomic mass is 79.9. The zero-order chi connectivity index (χ0) is 19.2. The molecule has 140 valence electrons. The molecule has 1 N–H and O–H groups in total. The molecule has 0 radical (unpaired) electrons. The third-order valence-electron chi connectivity index (χ3n) is 3.64. The van der Waals surface area contributed by atoms with Gasteiger partial charge in [0.05, 0.1) is 5.75 Å². The zero-order valence-corrected chi connectivity index (χ0v) is 17.3. The maximum atomic E-state index is 12.2. The van der Waals surface area contributed by atoms with E-state index in [2.05, 4.69) is 31.4 Å². The Morgan fingerprint density at radius 3 is 2.59 bits per heavy atom. The number of para-hydroxylation sites is 1. The highest BCUT2D eigenvalue weighted by Gasteiger charge is 2.12. The lowest BCUT2D eigenvalue weighted by atomic mass is 10.1. The quantitative estimate of drug-likeness (QED) is 0.526. The summed E-state index contributed by atoms with van der Waals surface area (Å²) >= 11 is 4.64. The van der Waals surface area contributed by atoms with E-state index in [0.717, 1.165) is 27.0 Å². The van der Waals surface area contributed by atoms with Crippen molar-refractivity contribution < 1.29 is 13.9 Å². The van der Waals surface area contributed by atoms with Crippen LogP contribution in [0.25, 0.3) is 0 Å². The Balaban J connectivity index is 1.50. The Morgan fingerprint density at radius 1 is 1.19 bits per heavy atom. The van der Waals surface area contributed by atoms with Gasteiger partial charge in [-0.1, -0.05) is 45.9 Å². The van der Waals surface area contributed by atoms with Crippen LogP contribution in [-0.4, -0.2) is 21.9 Å². The number of anilines is 1. The molecule has 0 saturated carbocycles. The van der Waals surface area contributed by atoms with Gasteiger partial charge in [0.25, 0.3) is 11.1 Å². The maximum absolute atomic E-state index is 12.2. The van der Waals surface area contributed by atoms with Crippen LogP contribution in [-0.2, 0) is 11.4 Å². The molecule has 0 bridgehead atoms. The molecule has 1 heterocycles. The topological polar surface area (TPSA) is 77.2 Å². The number of halogens is 1. The van der Waals surface area contributed by atoms with Crippen molar-refractivity contribution in [1.29, 1.82) is 0 Å². The van der Waals surface area contributed by atoms with Crippen molar-refractivity contribution in [3.05, 3.63) is 64.0 Å². The third-order valence-corrected chi connectivity index (χ3v) is 4.92. The predicted octanol–water partition coefficient (Wildman–Crippen LogP) is 4.76. The molecule has 6 nitrogen and oxygen atoms in total. The SMILES string of the molecule is Cc1cc(Br)cc(C)c1NC(=O)CSc1nnc(COc2ccccc2)o1. The van der Waals surface area contributed by atoms with Gasteiger partial charge in [-0.05, 0) is 49.2 Å². The molecule has 0 aliphatic rings. The van der Waals surface area contributed by atoms with Crippen LogP contribution in [0.2, 0.25) is 0 Å². The number of nitrogens with zero attached hydrogens (tertiary/aromatic N) is 2. The van der Waals surface area contributed by atoms with Crippen molar-refractivity contribution in [3.8, 4) is 5.75 Å². The molecular weight excluding hydrogens is 430 g/mol. The lowest BCUT2D eigenvalue weighted by Gasteiger charge is -2.11. The van der Waals surface area contributed by atoms with Crippen molar-refractivity contribution in [2.45, 2.75) is 25.7 Å². The largest absolute Gasteiger partial charge is 0.484 e. The number of nitrogens with one attached hydrogen (secondary N) is 1. The van der Waals surface area contributed by atoms with Crippen molar-refractivity contribution in [1.82, 2.24) is 10.2 Å². The van der Waals surface area contributed by atoms with E-state index in [4.69, 9.17) is 9.15 Å². The van der Waals surface area contributed by atoms with Gasteiger partial charge in [0.15, 0.2) is 6.61 Å². The Kier molecular flexibility index (Phi) is 6.52. The molecule has 3 rings (SSSR count). The second-order valence-electron chi connectivity index (χ2n) is 5.81. The van der Waals surface area contributed by atoms with Crippen molar-refractivity contribution in [2.75, 3.05) is 11.1 Å². The van der Waals surface area contributed by atoms with Gasteiger partial charge in [0, 0.05) is 10.2 Å². The van der Waals surface area contributed by atoms with Crippen LogP contribution in [0.5, 0.6) is 5.75 Å². The number of aryl methyl sites for hydroxylation is 2. The normalized spacial score (nSPS) is 10.6. The number of amides is 1. The summed E-state index contributed by atoms with van der Waals surface area (Å²) in [4.78, 5) is 12.2. The van der Waals surface area contributed by atoms with Gasteiger partial charge in [-0.25, -0.2) is 0 Å². The minimum Gasteiger partial charge on any atom is -0.484 e. The first-order valence-corrected chi connectivity index (χ1v) is 9.99. The van der Waals surface area contributed by atoms with Crippen molar-refractivity contribution >= 4 is 39.3 Å². The Bertz CT molecular complexity index is 908. The van der Waals surface area contributed by atoms with E-state index in [1.807, 2.05) is 56.3 Å². The van der Waals surface area contributed by atoms with E-state index >= 15 is 0 Å². The first-order valence-electron chi connectivity index (χ1n) is 8.21. The summed E-state index contributed by atoms with van der Waals surface area (Å²) in [6, 6.07) is 13.3. The number of hydrogen-bond acceptors (Lipinski definition) is 6. The number of carbonyl (C=O) groups excluding carboxylic acids is 1. The minimum absolute atomic E-state index is 0.131. The summed E-state index contributed by atoms with van der Waals surface area (Å²) in [7, 11) is 0. The first kappa shape index (κ1) is 19.4. The van der Waals surface area contributed by atoms with Gasteiger partial charge in [0.1, 0.15) is 5.75 Å². The highest BCUT2D eigenvalue weighted by Crippen LogP contribution is 2.25. The first-order chi connectivity index (χ1) is 13.0. The third kappa shape index (κ3) is 5.58. The van der Waals surface area contributed by atoms with E-state index < -0.39 is 0 Å². The van der Waals surface area contributed by atoms with Crippen LogP contribution in [0, 0.1) is 13.8 Å². The number of hydrogen-bond donors (Lipinski definition) is 1. The molecular formula is C19H18BrN3O3S. The van der Waals surface area contributed by atoms with E-state index in [9.17, 15) is 4.79 Å². The maximum Gasteiger partial charge on any atom is 0.277 e. The van der Waals surface area contributed by atoms with E-state index in [0.29, 0.717) is 11.1 Å². The minimum atomic E-state index is -0.131. The van der Waals surface area contributed by atoms with Gasteiger partial charge >= 0.3 is 0 Å². The number of benzene rings is 2. The van der Waals surface area contributed by atoms with Gasteiger partial charge in [-0.2, -0.15) is 0 Å². The van der Waals surface area contributed by atoms with Crippen LogP contribution < -0.4 is 10.1 Å². The molecule has 0 unspecified atom stereocenters. The molecule has 8 heteroatoms. The number of rotatable bonds is 7. The number of thioether (sulfide) groups is 1. The monoisotopic (exact) mass is 447 g/mol. The molecule has 0 aliphatic carbocycles. The number of aromatic nitrogens is 2. The Morgan fingerprint density at radius 2 is 1.89 bits per heavy atom. The van der Waals surface area contributed by atoms with Gasteiger partial charge in [-0.15, -0.1) is 10.2 Å². The molecule has 0 fully saturated rings. The number of ether oxygens (including phenoxy) is 1. The molecule has 0 aliphatic heterocycles. The van der Waals surface area contributed by atoms with Gasteiger partial charge in [-0.3, -0.25) is 4.79 Å². The standard InChI is InChI=1S/C19H18BrN3O3S/c1-12-8-14(20)9-13(2)18(12)21-16(24)11-27-19-23-22-17(26-19)10-25-15-6-4-3-5-7-15/h3-9H,10-11H2,1-2H3,(H,21,24). The predicted molar refractivity (Wildman–Crippen MR) is 108 cm³/mol. The second-order valence-corrected chi connectivity index (χ2v) is 7.66. The molecule has 3 aromatic rings. The molecule has 1 aromatic heterocycles. The molecule has 0 atom stereocenters. The van der Waals surface area contributed by atoms with E-state index in [1.165, 1.54) is 11.8 Å². The second kappa shape index (κ2) is 9.05. The smallest absolute Gasteiger partial charge is 0.277 e. The van der Waals surface area contributed by atoms with Gasteiger partial charge in [0.2, 0.25) is 5.91 Å². The van der Waals surface area contributed by atoms with E-state index in [-0.39, 0.29) is 18.3 Å². The molecule has 0 spiro atoms. The van der Waals surface area contributed by atoms with Crippen LogP contribution in [0.1, 0.15) is 17.0 Å².